The Kier molecular flexibility index (Phi) is 4.91. The van der Waals surface area contributed by atoms with E-state index < -0.39 is 6.36 Å². The molecule has 150 valence electrons. The summed E-state index contributed by atoms with van der Waals surface area (Å²) in [4.78, 5) is 18.3. The zero-order chi connectivity index (χ0) is 20.6. The Morgan fingerprint density at radius 2 is 1.93 bits per heavy atom. The number of hydrogen-bond donors (Lipinski definition) is 0. The molecule has 4 rings (SSSR count). The molecular weight excluding hydrogens is 411 g/mol. The quantitative estimate of drug-likeness (QED) is 0.602. The third kappa shape index (κ3) is 4.34. The fourth-order valence-electron chi connectivity index (χ4n) is 3.09. The second-order valence-corrected chi connectivity index (χ2v) is 6.85. The summed E-state index contributed by atoms with van der Waals surface area (Å²) in [5.74, 6) is -0.231. The van der Waals surface area contributed by atoms with Gasteiger partial charge in [0.2, 0.25) is 17.6 Å². The molecule has 1 aliphatic heterocycles. The van der Waals surface area contributed by atoms with E-state index in [0.717, 1.165) is 0 Å². The van der Waals surface area contributed by atoms with Crippen molar-refractivity contribution in [3.05, 3.63) is 59.4 Å². The number of nitrogens with zero attached hydrogens (tertiary/aromatic N) is 3. The summed E-state index contributed by atoms with van der Waals surface area (Å²) in [6.45, 7) is 0.360. The van der Waals surface area contributed by atoms with E-state index in [0.29, 0.717) is 22.8 Å². The van der Waals surface area contributed by atoms with E-state index in [9.17, 15) is 18.0 Å². The highest BCUT2D eigenvalue weighted by Crippen LogP contribution is 2.33. The highest BCUT2D eigenvalue weighted by Gasteiger charge is 2.35. The first-order chi connectivity index (χ1) is 13.8. The number of alkyl halides is 3. The zero-order valence-corrected chi connectivity index (χ0v) is 15.4. The fourth-order valence-corrected chi connectivity index (χ4v) is 3.28. The Hall–Kier alpha value is -3.07. The lowest BCUT2D eigenvalue weighted by Gasteiger charge is -2.16. The van der Waals surface area contributed by atoms with Gasteiger partial charge in [0.05, 0.1) is 5.92 Å². The molecule has 0 saturated carbocycles. The summed E-state index contributed by atoms with van der Waals surface area (Å²) < 4.78 is 45.9. The van der Waals surface area contributed by atoms with Gasteiger partial charge in [-0.15, -0.1) is 13.2 Å². The Balaban J connectivity index is 1.49. The standard InChI is InChI=1S/C19H13ClF3N3O3/c20-13-2-1-3-14(9-13)26-10-12(8-16(26)27)18-24-17(25-29-18)11-4-6-15(7-5-11)28-19(21,22)23/h1-7,9,12H,8,10H2. The molecule has 0 spiro atoms. The number of benzene rings is 2. The van der Waals surface area contributed by atoms with Crippen molar-refractivity contribution in [3.8, 4) is 17.1 Å². The first kappa shape index (κ1) is 19.3. The molecule has 1 aliphatic rings. The Morgan fingerprint density at radius 1 is 1.17 bits per heavy atom. The van der Waals surface area contributed by atoms with Crippen molar-refractivity contribution < 1.29 is 27.2 Å². The van der Waals surface area contributed by atoms with Gasteiger partial charge in [-0.05, 0) is 42.5 Å². The Morgan fingerprint density at radius 3 is 2.62 bits per heavy atom. The van der Waals surface area contributed by atoms with Crippen LogP contribution in [0.2, 0.25) is 5.02 Å². The van der Waals surface area contributed by atoms with Gasteiger partial charge in [-0.25, -0.2) is 0 Å². The fraction of sp³-hybridized carbons (Fsp3) is 0.211. The van der Waals surface area contributed by atoms with Crippen molar-refractivity contribution in [2.24, 2.45) is 0 Å². The average molecular weight is 424 g/mol. The maximum atomic E-state index is 12.4. The molecular formula is C19H13ClF3N3O3. The summed E-state index contributed by atoms with van der Waals surface area (Å²) in [6, 6.07) is 12.1. The van der Waals surface area contributed by atoms with Crippen LogP contribution in [0.15, 0.2) is 53.1 Å². The molecule has 10 heteroatoms. The Labute approximate surface area is 167 Å². The topological polar surface area (TPSA) is 68.5 Å². The zero-order valence-electron chi connectivity index (χ0n) is 14.7. The number of anilines is 1. The predicted molar refractivity (Wildman–Crippen MR) is 97.6 cm³/mol. The van der Waals surface area contributed by atoms with Crippen LogP contribution in [0.1, 0.15) is 18.2 Å². The number of halogens is 4. The molecule has 2 heterocycles. The summed E-state index contributed by atoms with van der Waals surface area (Å²) >= 11 is 5.99. The monoisotopic (exact) mass is 423 g/mol. The molecule has 1 amide bonds. The van der Waals surface area contributed by atoms with E-state index in [1.807, 2.05) is 0 Å². The molecule has 1 unspecified atom stereocenters. The third-order valence-electron chi connectivity index (χ3n) is 4.38. The van der Waals surface area contributed by atoms with Crippen LogP contribution in [0, 0.1) is 0 Å². The first-order valence-electron chi connectivity index (χ1n) is 8.54. The number of aromatic nitrogens is 2. The summed E-state index contributed by atoms with van der Waals surface area (Å²) in [5.41, 5.74) is 1.15. The van der Waals surface area contributed by atoms with Gasteiger partial charge in [0.15, 0.2) is 0 Å². The number of amides is 1. The summed E-state index contributed by atoms with van der Waals surface area (Å²) in [6.07, 6.45) is -4.56. The lowest BCUT2D eigenvalue weighted by atomic mass is 10.1. The number of ether oxygens (including phenoxy) is 1. The number of rotatable bonds is 4. The maximum Gasteiger partial charge on any atom is 0.573 e. The van der Waals surface area contributed by atoms with E-state index >= 15 is 0 Å². The molecule has 6 nitrogen and oxygen atoms in total. The van der Waals surface area contributed by atoms with Crippen molar-refractivity contribution >= 4 is 23.2 Å². The van der Waals surface area contributed by atoms with Crippen LogP contribution < -0.4 is 9.64 Å². The second kappa shape index (κ2) is 7.40. The number of carbonyl (C=O) groups is 1. The molecule has 29 heavy (non-hydrogen) atoms. The third-order valence-corrected chi connectivity index (χ3v) is 4.62. The summed E-state index contributed by atoms with van der Waals surface area (Å²) in [5, 5.41) is 4.40. The van der Waals surface area contributed by atoms with Gasteiger partial charge in [0, 0.05) is 29.2 Å². The highest BCUT2D eigenvalue weighted by atomic mass is 35.5. The second-order valence-electron chi connectivity index (χ2n) is 6.41. The largest absolute Gasteiger partial charge is 0.573 e. The van der Waals surface area contributed by atoms with Gasteiger partial charge in [0.25, 0.3) is 0 Å². The van der Waals surface area contributed by atoms with Gasteiger partial charge in [-0.3, -0.25) is 4.79 Å². The summed E-state index contributed by atoms with van der Waals surface area (Å²) in [7, 11) is 0. The highest BCUT2D eigenvalue weighted by molar-refractivity contribution is 6.30. The molecule has 1 fully saturated rings. The van der Waals surface area contributed by atoms with Crippen LogP contribution >= 0.6 is 11.6 Å². The van der Waals surface area contributed by atoms with Crippen LogP contribution in [-0.4, -0.2) is 29.0 Å². The predicted octanol–water partition coefficient (Wildman–Crippen LogP) is 4.81. The number of carbonyl (C=O) groups excluding carboxylic acids is 1. The molecule has 1 atom stereocenters. The van der Waals surface area contributed by atoms with Gasteiger partial charge in [-0.2, -0.15) is 4.98 Å². The average Bonchev–Trinajstić information content (AvgIpc) is 3.28. The molecule has 0 bridgehead atoms. The lowest BCUT2D eigenvalue weighted by molar-refractivity contribution is -0.274. The Bertz CT molecular complexity index is 1040. The van der Waals surface area contributed by atoms with Crippen LogP contribution in [0.3, 0.4) is 0 Å². The molecule has 1 saturated heterocycles. The normalized spacial score (nSPS) is 17.0. The van der Waals surface area contributed by atoms with Crippen molar-refractivity contribution in [2.45, 2.75) is 18.7 Å². The van der Waals surface area contributed by atoms with Crippen LogP contribution in [0.4, 0.5) is 18.9 Å². The van der Waals surface area contributed by atoms with Crippen molar-refractivity contribution in [1.29, 1.82) is 0 Å². The minimum atomic E-state index is -4.76. The number of hydrogen-bond acceptors (Lipinski definition) is 5. The van der Waals surface area contributed by atoms with Crippen molar-refractivity contribution in [1.82, 2.24) is 10.1 Å². The van der Waals surface area contributed by atoms with Gasteiger partial charge < -0.3 is 14.2 Å². The minimum Gasteiger partial charge on any atom is -0.406 e. The minimum absolute atomic E-state index is 0.0920. The van der Waals surface area contributed by atoms with Crippen LogP contribution in [-0.2, 0) is 4.79 Å². The molecule has 2 aromatic carbocycles. The molecule has 0 N–H and O–H groups in total. The van der Waals surface area contributed by atoms with E-state index in [1.54, 1.807) is 29.2 Å². The molecule has 1 aromatic heterocycles. The molecule has 3 aromatic rings. The van der Waals surface area contributed by atoms with E-state index in [1.165, 1.54) is 24.3 Å². The van der Waals surface area contributed by atoms with E-state index in [2.05, 4.69) is 14.9 Å². The smallest absolute Gasteiger partial charge is 0.406 e. The van der Waals surface area contributed by atoms with Gasteiger partial charge >= 0.3 is 6.36 Å². The molecule has 0 radical (unpaired) electrons. The van der Waals surface area contributed by atoms with Gasteiger partial charge in [-0.1, -0.05) is 22.8 Å². The van der Waals surface area contributed by atoms with Crippen LogP contribution in [0.25, 0.3) is 11.4 Å². The van der Waals surface area contributed by atoms with Crippen molar-refractivity contribution in [3.63, 3.8) is 0 Å². The molecule has 0 aliphatic carbocycles. The SMILES string of the molecule is O=C1CC(c2nc(-c3ccc(OC(F)(F)F)cc3)no2)CN1c1cccc(Cl)c1. The first-order valence-corrected chi connectivity index (χ1v) is 8.92. The van der Waals surface area contributed by atoms with E-state index in [-0.39, 0.29) is 35.7 Å². The lowest BCUT2D eigenvalue weighted by Crippen LogP contribution is -2.24. The van der Waals surface area contributed by atoms with Gasteiger partial charge in [0.1, 0.15) is 5.75 Å². The van der Waals surface area contributed by atoms with E-state index in [4.69, 9.17) is 16.1 Å². The van der Waals surface area contributed by atoms with Crippen LogP contribution in [0.5, 0.6) is 5.75 Å². The maximum absolute atomic E-state index is 12.4. The van der Waals surface area contributed by atoms with Crippen molar-refractivity contribution in [2.75, 3.05) is 11.4 Å².